The first kappa shape index (κ1) is 13.9. The van der Waals surface area contributed by atoms with Gasteiger partial charge in [0.15, 0.2) is 0 Å². The first-order valence-electron chi connectivity index (χ1n) is 6.42. The van der Waals surface area contributed by atoms with Gasteiger partial charge >= 0.3 is 0 Å². The molecule has 0 saturated heterocycles. The molecule has 0 aliphatic heterocycles. The predicted molar refractivity (Wildman–Crippen MR) is 80.3 cm³/mol. The summed E-state index contributed by atoms with van der Waals surface area (Å²) in [7, 11) is 1.62. The van der Waals surface area contributed by atoms with E-state index in [1.807, 2.05) is 54.6 Å². The van der Waals surface area contributed by atoms with E-state index in [1.165, 1.54) is 6.08 Å². The molecule has 3 heteroatoms. The first-order chi connectivity index (χ1) is 9.78. The third-order valence-electron chi connectivity index (χ3n) is 2.83. The molecule has 20 heavy (non-hydrogen) atoms. The molecule has 3 nitrogen and oxygen atoms in total. The second-order valence-corrected chi connectivity index (χ2v) is 4.31. The Hall–Kier alpha value is -2.55. The van der Waals surface area contributed by atoms with E-state index in [0.29, 0.717) is 6.54 Å². The standard InChI is InChI=1S/C17H17NO2/c1-20-16-9-5-8-14(12-16)10-11-17(19)18-13-15-6-3-2-4-7-15/h2-12H,13H2,1H3,(H,18,19). The van der Waals surface area contributed by atoms with Crippen LogP contribution in [0.5, 0.6) is 5.75 Å². The molecule has 0 spiro atoms. The highest BCUT2D eigenvalue weighted by atomic mass is 16.5. The van der Waals surface area contributed by atoms with Crippen molar-refractivity contribution in [3.05, 3.63) is 71.8 Å². The molecule has 102 valence electrons. The van der Waals surface area contributed by atoms with E-state index in [2.05, 4.69) is 5.32 Å². The smallest absolute Gasteiger partial charge is 0.244 e. The van der Waals surface area contributed by atoms with Crippen LogP contribution in [0.2, 0.25) is 0 Å². The number of benzene rings is 2. The van der Waals surface area contributed by atoms with Crippen molar-refractivity contribution in [2.75, 3.05) is 7.11 Å². The fourth-order valence-corrected chi connectivity index (χ4v) is 1.76. The number of carbonyl (C=O) groups is 1. The lowest BCUT2D eigenvalue weighted by molar-refractivity contribution is -0.116. The maximum Gasteiger partial charge on any atom is 0.244 e. The number of hydrogen-bond donors (Lipinski definition) is 1. The number of nitrogens with one attached hydrogen (secondary N) is 1. The summed E-state index contributed by atoms with van der Waals surface area (Å²) in [5.41, 5.74) is 2.01. The monoisotopic (exact) mass is 267 g/mol. The molecule has 1 amide bonds. The van der Waals surface area contributed by atoms with Gasteiger partial charge in [-0.25, -0.2) is 0 Å². The van der Waals surface area contributed by atoms with Gasteiger partial charge in [-0.1, -0.05) is 42.5 Å². The van der Waals surface area contributed by atoms with Gasteiger partial charge in [0.25, 0.3) is 0 Å². The number of methoxy groups -OCH3 is 1. The molecule has 0 saturated carbocycles. The molecule has 0 atom stereocenters. The Morgan fingerprint density at radius 2 is 1.95 bits per heavy atom. The molecule has 2 aromatic rings. The summed E-state index contributed by atoms with van der Waals surface area (Å²) in [4.78, 5) is 11.7. The largest absolute Gasteiger partial charge is 0.497 e. The van der Waals surface area contributed by atoms with Crippen molar-refractivity contribution in [1.82, 2.24) is 5.32 Å². The van der Waals surface area contributed by atoms with E-state index in [9.17, 15) is 4.79 Å². The van der Waals surface area contributed by atoms with Gasteiger partial charge < -0.3 is 10.1 Å². The fourth-order valence-electron chi connectivity index (χ4n) is 1.76. The Balaban J connectivity index is 1.89. The van der Waals surface area contributed by atoms with Crippen LogP contribution in [0.15, 0.2) is 60.7 Å². The lowest BCUT2D eigenvalue weighted by Gasteiger charge is -2.02. The SMILES string of the molecule is COc1cccc(C=CC(=O)NCc2ccccc2)c1. The lowest BCUT2D eigenvalue weighted by atomic mass is 10.2. The van der Waals surface area contributed by atoms with Gasteiger partial charge in [-0.3, -0.25) is 4.79 Å². The summed E-state index contributed by atoms with van der Waals surface area (Å²) in [6, 6.07) is 17.4. The molecular formula is C17H17NO2. The van der Waals surface area contributed by atoms with Crippen LogP contribution in [0, 0.1) is 0 Å². The lowest BCUT2D eigenvalue weighted by Crippen LogP contribution is -2.20. The molecule has 0 aliphatic carbocycles. The molecular weight excluding hydrogens is 250 g/mol. The van der Waals surface area contributed by atoms with E-state index in [1.54, 1.807) is 13.2 Å². The number of ether oxygens (including phenoxy) is 1. The van der Waals surface area contributed by atoms with Gasteiger partial charge in [0.1, 0.15) is 5.75 Å². The van der Waals surface area contributed by atoms with Gasteiger partial charge in [-0.05, 0) is 29.3 Å². The summed E-state index contributed by atoms with van der Waals surface area (Å²) < 4.78 is 5.13. The van der Waals surface area contributed by atoms with E-state index in [4.69, 9.17) is 4.74 Å². The van der Waals surface area contributed by atoms with Crippen LogP contribution in [-0.4, -0.2) is 13.0 Å². The predicted octanol–water partition coefficient (Wildman–Crippen LogP) is 3.02. The van der Waals surface area contributed by atoms with Crippen molar-refractivity contribution in [3.8, 4) is 5.75 Å². The summed E-state index contributed by atoms with van der Waals surface area (Å²) in [5, 5.41) is 2.84. The Morgan fingerprint density at radius 1 is 1.15 bits per heavy atom. The van der Waals surface area contributed by atoms with Crippen LogP contribution in [-0.2, 0) is 11.3 Å². The van der Waals surface area contributed by atoms with Gasteiger partial charge in [-0.2, -0.15) is 0 Å². The molecule has 0 fully saturated rings. The topological polar surface area (TPSA) is 38.3 Å². The molecule has 2 aromatic carbocycles. The molecule has 0 radical (unpaired) electrons. The maximum atomic E-state index is 11.7. The zero-order chi connectivity index (χ0) is 14.2. The molecule has 0 bridgehead atoms. The summed E-state index contributed by atoms with van der Waals surface area (Å²) in [5.74, 6) is 0.661. The molecule has 2 rings (SSSR count). The molecule has 0 heterocycles. The summed E-state index contributed by atoms with van der Waals surface area (Å²) in [6.45, 7) is 0.530. The van der Waals surface area contributed by atoms with Crippen molar-refractivity contribution < 1.29 is 9.53 Å². The van der Waals surface area contributed by atoms with Crippen molar-refractivity contribution in [2.45, 2.75) is 6.54 Å². The average molecular weight is 267 g/mol. The second kappa shape index (κ2) is 7.14. The van der Waals surface area contributed by atoms with E-state index < -0.39 is 0 Å². The number of rotatable bonds is 5. The van der Waals surface area contributed by atoms with Crippen LogP contribution >= 0.6 is 0 Å². The van der Waals surface area contributed by atoms with Crippen LogP contribution < -0.4 is 10.1 Å². The number of hydrogen-bond acceptors (Lipinski definition) is 2. The number of carbonyl (C=O) groups excluding carboxylic acids is 1. The quantitative estimate of drug-likeness (QED) is 0.846. The van der Waals surface area contributed by atoms with Crippen molar-refractivity contribution in [3.63, 3.8) is 0 Å². The Morgan fingerprint density at radius 3 is 2.70 bits per heavy atom. The number of amides is 1. The van der Waals surface area contributed by atoms with Crippen LogP contribution in [0.3, 0.4) is 0 Å². The fraction of sp³-hybridized carbons (Fsp3) is 0.118. The molecule has 0 aromatic heterocycles. The van der Waals surface area contributed by atoms with Gasteiger partial charge in [0.2, 0.25) is 5.91 Å². The Labute approximate surface area is 118 Å². The molecule has 1 N–H and O–H groups in total. The van der Waals surface area contributed by atoms with Crippen molar-refractivity contribution >= 4 is 12.0 Å². The van der Waals surface area contributed by atoms with Crippen LogP contribution in [0.1, 0.15) is 11.1 Å². The summed E-state index contributed by atoms with van der Waals surface area (Å²) in [6.07, 6.45) is 3.29. The maximum absolute atomic E-state index is 11.7. The molecule has 0 aliphatic rings. The minimum absolute atomic E-state index is 0.114. The van der Waals surface area contributed by atoms with E-state index >= 15 is 0 Å². The Bertz CT molecular complexity index is 591. The Kier molecular flexibility index (Phi) is 4.95. The van der Waals surface area contributed by atoms with E-state index in [-0.39, 0.29) is 5.91 Å². The highest BCUT2D eigenvalue weighted by molar-refractivity contribution is 5.91. The molecule has 0 unspecified atom stereocenters. The summed E-state index contributed by atoms with van der Waals surface area (Å²) >= 11 is 0. The van der Waals surface area contributed by atoms with Crippen LogP contribution in [0.25, 0.3) is 6.08 Å². The zero-order valence-electron chi connectivity index (χ0n) is 11.4. The van der Waals surface area contributed by atoms with Gasteiger partial charge in [0, 0.05) is 12.6 Å². The highest BCUT2D eigenvalue weighted by Crippen LogP contribution is 2.13. The van der Waals surface area contributed by atoms with Gasteiger partial charge in [-0.15, -0.1) is 0 Å². The first-order valence-corrected chi connectivity index (χ1v) is 6.42. The van der Waals surface area contributed by atoms with Crippen molar-refractivity contribution in [2.24, 2.45) is 0 Å². The average Bonchev–Trinajstić information content (AvgIpc) is 2.52. The normalized spacial score (nSPS) is 10.4. The zero-order valence-corrected chi connectivity index (χ0v) is 11.4. The third kappa shape index (κ3) is 4.28. The minimum Gasteiger partial charge on any atom is -0.497 e. The highest BCUT2D eigenvalue weighted by Gasteiger charge is 1.97. The second-order valence-electron chi connectivity index (χ2n) is 4.31. The third-order valence-corrected chi connectivity index (χ3v) is 2.83. The van der Waals surface area contributed by atoms with E-state index in [0.717, 1.165) is 16.9 Å². The van der Waals surface area contributed by atoms with Gasteiger partial charge in [0.05, 0.1) is 7.11 Å². The van der Waals surface area contributed by atoms with Crippen LogP contribution in [0.4, 0.5) is 0 Å². The van der Waals surface area contributed by atoms with Crippen molar-refractivity contribution in [1.29, 1.82) is 0 Å². The minimum atomic E-state index is -0.114.